The molecule has 0 aromatic carbocycles. The molecule has 1 saturated carbocycles. The summed E-state index contributed by atoms with van der Waals surface area (Å²) >= 11 is 0. The van der Waals surface area contributed by atoms with Gasteiger partial charge in [0.15, 0.2) is 0 Å². The second kappa shape index (κ2) is 5.27. The second-order valence-corrected chi connectivity index (χ2v) is 6.43. The van der Waals surface area contributed by atoms with Crippen LogP contribution in [-0.4, -0.2) is 24.1 Å². The number of nitrogens with zero attached hydrogens (tertiary/aromatic N) is 2. The van der Waals surface area contributed by atoms with Gasteiger partial charge in [0.2, 0.25) is 0 Å². The van der Waals surface area contributed by atoms with Gasteiger partial charge in [-0.1, -0.05) is 0 Å². The Balaban J connectivity index is 1.95. The van der Waals surface area contributed by atoms with Crippen LogP contribution in [0.25, 0.3) is 0 Å². The van der Waals surface area contributed by atoms with Gasteiger partial charge in [0.1, 0.15) is 0 Å². The van der Waals surface area contributed by atoms with Gasteiger partial charge in [0.05, 0.1) is 5.69 Å². The first kappa shape index (κ1) is 13.3. The van der Waals surface area contributed by atoms with E-state index in [0.29, 0.717) is 0 Å². The Labute approximate surface area is 111 Å². The van der Waals surface area contributed by atoms with Crippen molar-refractivity contribution in [2.45, 2.75) is 45.7 Å². The zero-order chi connectivity index (χ0) is 13.2. The lowest BCUT2D eigenvalue weighted by molar-refractivity contribution is 0.421. The van der Waals surface area contributed by atoms with Crippen molar-refractivity contribution >= 4 is 5.69 Å². The quantitative estimate of drug-likeness (QED) is 0.867. The Morgan fingerprint density at radius 2 is 2.11 bits per heavy atom. The average Bonchev–Trinajstić information content (AvgIpc) is 3.10. The summed E-state index contributed by atoms with van der Waals surface area (Å²) < 4.78 is 0. The molecular formula is C15H25N3. The van der Waals surface area contributed by atoms with Gasteiger partial charge in [-0.05, 0) is 51.7 Å². The lowest BCUT2D eigenvalue weighted by Gasteiger charge is -2.22. The highest BCUT2D eigenvalue weighted by Crippen LogP contribution is 2.30. The Bertz CT molecular complexity index is 391. The van der Waals surface area contributed by atoms with Crippen molar-refractivity contribution in [3.63, 3.8) is 0 Å². The van der Waals surface area contributed by atoms with Crippen LogP contribution >= 0.6 is 0 Å². The summed E-state index contributed by atoms with van der Waals surface area (Å²) in [7, 11) is 2.18. The van der Waals surface area contributed by atoms with Crippen LogP contribution < -0.4 is 10.2 Å². The molecule has 1 aromatic rings. The highest BCUT2D eigenvalue weighted by atomic mass is 15.1. The molecule has 0 atom stereocenters. The largest absolute Gasteiger partial charge is 0.374 e. The zero-order valence-corrected chi connectivity index (χ0v) is 12.0. The molecule has 0 unspecified atom stereocenters. The summed E-state index contributed by atoms with van der Waals surface area (Å²) in [6.07, 6.45) is 4.71. The SMILES string of the molecule is CN(CC1CC1)c1ccnc(CNC(C)(C)C)c1. The van der Waals surface area contributed by atoms with Gasteiger partial charge in [-0.2, -0.15) is 0 Å². The number of hydrogen-bond donors (Lipinski definition) is 1. The number of nitrogens with one attached hydrogen (secondary N) is 1. The fourth-order valence-corrected chi connectivity index (χ4v) is 1.95. The van der Waals surface area contributed by atoms with Gasteiger partial charge in [-0.3, -0.25) is 4.98 Å². The highest BCUT2D eigenvalue weighted by Gasteiger charge is 2.23. The minimum absolute atomic E-state index is 0.137. The van der Waals surface area contributed by atoms with Gasteiger partial charge in [0.25, 0.3) is 0 Å². The predicted molar refractivity (Wildman–Crippen MR) is 76.8 cm³/mol. The molecule has 0 spiro atoms. The third-order valence-electron chi connectivity index (χ3n) is 3.27. The van der Waals surface area contributed by atoms with E-state index < -0.39 is 0 Å². The van der Waals surface area contributed by atoms with Crippen molar-refractivity contribution in [2.75, 3.05) is 18.5 Å². The number of pyridine rings is 1. The Morgan fingerprint density at radius 3 is 2.72 bits per heavy atom. The number of rotatable bonds is 5. The smallest absolute Gasteiger partial charge is 0.0562 e. The second-order valence-electron chi connectivity index (χ2n) is 6.43. The fourth-order valence-electron chi connectivity index (χ4n) is 1.95. The van der Waals surface area contributed by atoms with Gasteiger partial charge in [-0.25, -0.2) is 0 Å². The maximum Gasteiger partial charge on any atom is 0.0562 e. The van der Waals surface area contributed by atoms with Crippen molar-refractivity contribution in [1.82, 2.24) is 10.3 Å². The molecule has 1 aromatic heterocycles. The first-order valence-corrected chi connectivity index (χ1v) is 6.85. The van der Waals surface area contributed by atoms with E-state index in [1.54, 1.807) is 0 Å². The molecule has 3 nitrogen and oxygen atoms in total. The van der Waals surface area contributed by atoms with E-state index in [9.17, 15) is 0 Å². The van der Waals surface area contributed by atoms with Gasteiger partial charge in [0, 0.05) is 37.6 Å². The number of hydrogen-bond acceptors (Lipinski definition) is 3. The predicted octanol–water partition coefficient (Wildman–Crippen LogP) is 2.82. The molecule has 100 valence electrons. The van der Waals surface area contributed by atoms with Crippen LogP contribution in [0.3, 0.4) is 0 Å². The molecule has 18 heavy (non-hydrogen) atoms. The van der Waals surface area contributed by atoms with Crippen LogP contribution in [0.15, 0.2) is 18.3 Å². The van der Waals surface area contributed by atoms with Crippen LogP contribution in [0, 0.1) is 5.92 Å². The summed E-state index contributed by atoms with van der Waals surface area (Å²) in [6, 6.07) is 4.30. The van der Waals surface area contributed by atoms with Crippen LogP contribution in [0.2, 0.25) is 0 Å². The highest BCUT2D eigenvalue weighted by molar-refractivity contribution is 5.45. The standard InChI is InChI=1S/C15H25N3/c1-15(2,3)17-10-13-9-14(7-8-16-13)18(4)11-12-5-6-12/h7-9,12,17H,5-6,10-11H2,1-4H3. The monoisotopic (exact) mass is 247 g/mol. The molecule has 0 radical (unpaired) electrons. The summed E-state index contributed by atoms with van der Waals surface area (Å²) in [4.78, 5) is 6.78. The molecule has 1 N–H and O–H groups in total. The normalized spacial score (nSPS) is 15.8. The summed E-state index contributed by atoms with van der Waals surface area (Å²) in [5.41, 5.74) is 2.53. The molecule has 0 amide bonds. The van der Waals surface area contributed by atoms with E-state index >= 15 is 0 Å². The molecule has 0 saturated heterocycles. The molecule has 1 heterocycles. The first-order valence-electron chi connectivity index (χ1n) is 6.85. The fraction of sp³-hybridized carbons (Fsp3) is 0.667. The molecule has 0 bridgehead atoms. The van der Waals surface area contributed by atoms with Crippen LogP contribution in [0.5, 0.6) is 0 Å². The van der Waals surface area contributed by atoms with Crippen LogP contribution in [-0.2, 0) is 6.54 Å². The van der Waals surface area contributed by atoms with Crippen molar-refractivity contribution in [3.8, 4) is 0 Å². The van der Waals surface area contributed by atoms with Crippen molar-refractivity contribution < 1.29 is 0 Å². The molecule has 1 fully saturated rings. The first-order chi connectivity index (χ1) is 8.44. The van der Waals surface area contributed by atoms with Gasteiger partial charge in [-0.15, -0.1) is 0 Å². The molecule has 0 aliphatic heterocycles. The summed E-state index contributed by atoms with van der Waals surface area (Å²) in [6.45, 7) is 8.53. The maximum atomic E-state index is 4.43. The minimum atomic E-state index is 0.137. The molecule has 1 aliphatic carbocycles. The molecular weight excluding hydrogens is 222 g/mol. The molecule has 3 heteroatoms. The van der Waals surface area contributed by atoms with E-state index in [4.69, 9.17) is 0 Å². The lowest BCUT2D eigenvalue weighted by Crippen LogP contribution is -2.35. The summed E-state index contributed by atoms with van der Waals surface area (Å²) in [5, 5.41) is 3.48. The van der Waals surface area contributed by atoms with Crippen molar-refractivity contribution in [3.05, 3.63) is 24.0 Å². The van der Waals surface area contributed by atoms with Crippen molar-refractivity contribution in [2.24, 2.45) is 5.92 Å². The van der Waals surface area contributed by atoms with E-state index in [-0.39, 0.29) is 5.54 Å². The minimum Gasteiger partial charge on any atom is -0.374 e. The number of aromatic nitrogens is 1. The zero-order valence-electron chi connectivity index (χ0n) is 12.0. The van der Waals surface area contributed by atoms with E-state index in [2.05, 4.69) is 55.2 Å². The Hall–Kier alpha value is -1.09. The lowest BCUT2D eigenvalue weighted by atomic mass is 10.1. The molecule has 2 rings (SSSR count). The number of anilines is 1. The van der Waals surface area contributed by atoms with E-state index in [0.717, 1.165) is 18.2 Å². The van der Waals surface area contributed by atoms with Gasteiger partial charge >= 0.3 is 0 Å². The van der Waals surface area contributed by atoms with Crippen LogP contribution in [0.4, 0.5) is 5.69 Å². The summed E-state index contributed by atoms with van der Waals surface area (Å²) in [5.74, 6) is 0.916. The topological polar surface area (TPSA) is 28.2 Å². The average molecular weight is 247 g/mol. The molecule has 1 aliphatic rings. The Morgan fingerprint density at radius 1 is 1.39 bits per heavy atom. The third kappa shape index (κ3) is 4.30. The third-order valence-corrected chi connectivity index (χ3v) is 3.27. The maximum absolute atomic E-state index is 4.43. The van der Waals surface area contributed by atoms with Crippen LogP contribution in [0.1, 0.15) is 39.3 Å². The van der Waals surface area contributed by atoms with Crippen molar-refractivity contribution in [1.29, 1.82) is 0 Å². The van der Waals surface area contributed by atoms with E-state index in [1.807, 2.05) is 6.20 Å². The van der Waals surface area contributed by atoms with Gasteiger partial charge < -0.3 is 10.2 Å². The van der Waals surface area contributed by atoms with E-state index in [1.165, 1.54) is 25.1 Å². The Kier molecular flexibility index (Phi) is 3.91.